The number of amides is 1. The van der Waals surface area contributed by atoms with Gasteiger partial charge in [0, 0.05) is 6.04 Å². The summed E-state index contributed by atoms with van der Waals surface area (Å²) in [6, 6.07) is 11.8. The van der Waals surface area contributed by atoms with Gasteiger partial charge < -0.3 is 10.1 Å². The largest absolute Gasteiger partial charge is 0.448 e. The lowest BCUT2D eigenvalue weighted by atomic mass is 10.2. The summed E-state index contributed by atoms with van der Waals surface area (Å²) >= 11 is 2.93. The molecule has 0 spiro atoms. The molecule has 7 heteroatoms. The number of aromatic nitrogens is 1. The molecule has 0 radical (unpaired) electrons. The molecule has 3 aromatic rings. The van der Waals surface area contributed by atoms with Gasteiger partial charge in [0.15, 0.2) is 6.10 Å². The number of thiophene rings is 1. The number of para-hydroxylation sites is 1. The van der Waals surface area contributed by atoms with Gasteiger partial charge in [0.1, 0.15) is 9.88 Å². The number of hydrogen-bond donors (Lipinski definition) is 1. The number of nitrogens with one attached hydrogen (secondary N) is 1. The molecule has 1 N–H and O–H groups in total. The molecule has 2 aromatic heterocycles. The van der Waals surface area contributed by atoms with Crippen molar-refractivity contribution in [2.24, 2.45) is 0 Å². The van der Waals surface area contributed by atoms with E-state index in [1.807, 2.05) is 30.3 Å². The summed E-state index contributed by atoms with van der Waals surface area (Å²) < 4.78 is 6.47. The number of thiazole rings is 1. The molecule has 1 aliphatic rings. The highest BCUT2D eigenvalue weighted by Gasteiger charge is 2.24. The molecular weight excluding hydrogens is 380 g/mol. The Kier molecular flexibility index (Phi) is 5.22. The second-order valence-corrected chi connectivity index (χ2v) is 8.80. The Morgan fingerprint density at radius 1 is 1.15 bits per heavy atom. The first-order chi connectivity index (χ1) is 13.1. The van der Waals surface area contributed by atoms with E-state index in [9.17, 15) is 9.59 Å². The molecule has 4 rings (SSSR count). The number of nitrogens with zero attached hydrogens (tertiary/aromatic N) is 1. The van der Waals surface area contributed by atoms with E-state index in [2.05, 4.69) is 10.3 Å². The van der Waals surface area contributed by atoms with Crippen molar-refractivity contribution in [3.63, 3.8) is 0 Å². The molecule has 1 fully saturated rings. The lowest BCUT2D eigenvalue weighted by Crippen LogP contribution is -2.40. The van der Waals surface area contributed by atoms with Crippen LogP contribution in [0, 0.1) is 0 Å². The lowest BCUT2D eigenvalue weighted by Gasteiger charge is -2.16. The maximum Gasteiger partial charge on any atom is 0.349 e. The average molecular weight is 401 g/mol. The van der Waals surface area contributed by atoms with Gasteiger partial charge in [0.25, 0.3) is 5.91 Å². The molecule has 0 bridgehead atoms. The number of ether oxygens (including phenoxy) is 1. The zero-order valence-corrected chi connectivity index (χ0v) is 16.6. The van der Waals surface area contributed by atoms with Crippen LogP contribution >= 0.6 is 22.7 Å². The second kappa shape index (κ2) is 7.78. The van der Waals surface area contributed by atoms with Gasteiger partial charge in [-0.05, 0) is 44.0 Å². The Morgan fingerprint density at radius 3 is 2.70 bits per heavy atom. The van der Waals surface area contributed by atoms with Crippen molar-refractivity contribution in [1.29, 1.82) is 0 Å². The van der Waals surface area contributed by atoms with E-state index < -0.39 is 12.1 Å². The van der Waals surface area contributed by atoms with Gasteiger partial charge in [-0.3, -0.25) is 4.79 Å². The molecule has 1 aromatic carbocycles. The van der Waals surface area contributed by atoms with E-state index in [-0.39, 0.29) is 11.9 Å². The highest BCUT2D eigenvalue weighted by Crippen LogP contribution is 2.34. The van der Waals surface area contributed by atoms with Crippen LogP contribution in [0.4, 0.5) is 0 Å². The van der Waals surface area contributed by atoms with Crippen molar-refractivity contribution in [2.75, 3.05) is 0 Å². The summed E-state index contributed by atoms with van der Waals surface area (Å²) in [7, 11) is 0. The second-order valence-electron chi connectivity index (χ2n) is 6.69. The molecule has 2 heterocycles. The van der Waals surface area contributed by atoms with Crippen molar-refractivity contribution in [1.82, 2.24) is 10.3 Å². The minimum Gasteiger partial charge on any atom is -0.448 e. The predicted molar refractivity (Wildman–Crippen MR) is 108 cm³/mol. The van der Waals surface area contributed by atoms with Crippen LogP contribution in [-0.4, -0.2) is 29.0 Å². The predicted octanol–water partition coefficient (Wildman–Crippen LogP) is 4.63. The van der Waals surface area contributed by atoms with Crippen LogP contribution in [0.5, 0.6) is 0 Å². The Labute approximate surface area is 165 Å². The highest BCUT2D eigenvalue weighted by molar-refractivity contribution is 7.26. The van der Waals surface area contributed by atoms with E-state index in [1.165, 1.54) is 11.3 Å². The van der Waals surface area contributed by atoms with Crippen LogP contribution in [0.1, 0.15) is 42.3 Å². The SMILES string of the molecule is C[C@H](OC(=O)c1ccc(-c2nc3ccccc3s2)s1)C(=O)NC1CCCC1. The highest BCUT2D eigenvalue weighted by atomic mass is 32.1. The summed E-state index contributed by atoms with van der Waals surface area (Å²) in [5, 5.41) is 3.84. The van der Waals surface area contributed by atoms with E-state index in [4.69, 9.17) is 4.74 Å². The first-order valence-electron chi connectivity index (χ1n) is 9.07. The number of benzene rings is 1. The molecule has 1 saturated carbocycles. The van der Waals surface area contributed by atoms with Crippen LogP contribution in [0.15, 0.2) is 36.4 Å². The lowest BCUT2D eigenvalue weighted by molar-refractivity contribution is -0.129. The Bertz CT molecular complexity index is 939. The quantitative estimate of drug-likeness (QED) is 0.634. The molecule has 140 valence electrons. The van der Waals surface area contributed by atoms with Gasteiger partial charge in [-0.1, -0.05) is 25.0 Å². The molecule has 1 atom stereocenters. The smallest absolute Gasteiger partial charge is 0.349 e. The van der Waals surface area contributed by atoms with Gasteiger partial charge in [-0.15, -0.1) is 22.7 Å². The van der Waals surface area contributed by atoms with Crippen LogP contribution in [0.3, 0.4) is 0 Å². The first kappa shape index (κ1) is 18.1. The van der Waals surface area contributed by atoms with Gasteiger partial charge >= 0.3 is 5.97 Å². The van der Waals surface area contributed by atoms with E-state index in [0.29, 0.717) is 4.88 Å². The monoisotopic (exact) mass is 400 g/mol. The van der Waals surface area contributed by atoms with Crippen molar-refractivity contribution in [3.05, 3.63) is 41.3 Å². The minimum absolute atomic E-state index is 0.214. The third kappa shape index (κ3) is 4.04. The van der Waals surface area contributed by atoms with Crippen molar-refractivity contribution in [3.8, 4) is 9.88 Å². The van der Waals surface area contributed by atoms with Gasteiger partial charge in [0.05, 0.1) is 15.1 Å². The number of carbonyl (C=O) groups excluding carboxylic acids is 2. The van der Waals surface area contributed by atoms with E-state index >= 15 is 0 Å². The molecule has 1 amide bonds. The topological polar surface area (TPSA) is 68.3 Å². The van der Waals surface area contributed by atoms with Crippen LogP contribution < -0.4 is 5.32 Å². The van der Waals surface area contributed by atoms with Gasteiger partial charge in [-0.25, -0.2) is 9.78 Å². The fraction of sp³-hybridized carbons (Fsp3) is 0.350. The number of esters is 1. The normalized spacial score (nSPS) is 15.7. The zero-order valence-electron chi connectivity index (χ0n) is 14.9. The molecule has 1 aliphatic carbocycles. The number of hydrogen-bond acceptors (Lipinski definition) is 6. The molecule has 0 saturated heterocycles. The number of rotatable bonds is 5. The van der Waals surface area contributed by atoms with Crippen LogP contribution in [0.25, 0.3) is 20.1 Å². The van der Waals surface area contributed by atoms with Crippen LogP contribution in [-0.2, 0) is 9.53 Å². The maximum atomic E-state index is 12.4. The third-order valence-electron chi connectivity index (χ3n) is 4.67. The van der Waals surface area contributed by atoms with Gasteiger partial charge in [0.2, 0.25) is 0 Å². The zero-order chi connectivity index (χ0) is 18.8. The molecule has 5 nitrogen and oxygen atoms in total. The van der Waals surface area contributed by atoms with Crippen LogP contribution in [0.2, 0.25) is 0 Å². The first-order valence-corrected chi connectivity index (χ1v) is 10.7. The average Bonchev–Trinajstić information content (AvgIpc) is 3.40. The summed E-state index contributed by atoms with van der Waals surface area (Å²) in [5.74, 6) is -0.695. The Morgan fingerprint density at radius 2 is 1.93 bits per heavy atom. The summed E-state index contributed by atoms with van der Waals surface area (Å²) in [4.78, 5) is 30.6. The summed E-state index contributed by atoms with van der Waals surface area (Å²) in [6.07, 6.45) is 3.49. The fourth-order valence-electron chi connectivity index (χ4n) is 3.20. The van der Waals surface area contributed by atoms with Gasteiger partial charge in [-0.2, -0.15) is 0 Å². The van der Waals surface area contributed by atoms with E-state index in [1.54, 1.807) is 24.3 Å². The van der Waals surface area contributed by atoms with E-state index in [0.717, 1.165) is 45.8 Å². The maximum absolute atomic E-state index is 12.4. The van der Waals surface area contributed by atoms with Crippen molar-refractivity contribution >= 4 is 44.8 Å². The molecule has 0 aliphatic heterocycles. The molecule has 27 heavy (non-hydrogen) atoms. The fourth-order valence-corrected chi connectivity index (χ4v) is 5.11. The Hall–Kier alpha value is -2.25. The molecule has 0 unspecified atom stereocenters. The Balaban J connectivity index is 1.41. The number of carbonyl (C=O) groups is 2. The third-order valence-corrected chi connectivity index (χ3v) is 6.94. The number of fused-ring (bicyclic) bond motifs is 1. The van der Waals surface area contributed by atoms with Crippen molar-refractivity contribution < 1.29 is 14.3 Å². The van der Waals surface area contributed by atoms with Crippen molar-refractivity contribution in [2.45, 2.75) is 44.8 Å². The minimum atomic E-state index is -0.800. The summed E-state index contributed by atoms with van der Waals surface area (Å²) in [5.41, 5.74) is 0.951. The standard InChI is InChI=1S/C20H20N2O3S2/c1-12(18(23)21-13-6-2-3-7-13)25-20(24)17-11-10-16(26-17)19-22-14-8-4-5-9-15(14)27-19/h4-5,8-13H,2-3,6-7H2,1H3,(H,21,23)/t12-/m0/s1. The molecular formula is C20H20N2O3S2. The summed E-state index contributed by atoms with van der Waals surface area (Å²) in [6.45, 7) is 1.62.